The summed E-state index contributed by atoms with van der Waals surface area (Å²) in [5.41, 5.74) is 5.19. The quantitative estimate of drug-likeness (QED) is 0.722. The molecule has 17 heavy (non-hydrogen) atoms. The predicted molar refractivity (Wildman–Crippen MR) is 68.6 cm³/mol. The summed E-state index contributed by atoms with van der Waals surface area (Å²) in [7, 11) is 0. The van der Waals surface area contributed by atoms with Crippen LogP contribution in [-0.2, 0) is 4.79 Å². The van der Waals surface area contributed by atoms with Crippen molar-refractivity contribution in [2.24, 2.45) is 5.73 Å². The SMILES string of the molecule is CCNC1CC2CCC(C1)N2CCCC(N)=O. The summed E-state index contributed by atoms with van der Waals surface area (Å²) in [4.78, 5) is 13.4. The minimum absolute atomic E-state index is 0.167. The average molecular weight is 239 g/mol. The van der Waals surface area contributed by atoms with Crippen LogP contribution in [-0.4, -0.2) is 42.0 Å². The number of hydrogen-bond acceptors (Lipinski definition) is 3. The van der Waals surface area contributed by atoms with Crippen LogP contribution in [0.2, 0.25) is 0 Å². The fourth-order valence-corrected chi connectivity index (χ4v) is 3.53. The lowest BCUT2D eigenvalue weighted by Crippen LogP contribution is -2.49. The lowest BCUT2D eigenvalue weighted by Gasteiger charge is -2.39. The molecule has 2 bridgehead atoms. The molecule has 4 heteroatoms. The van der Waals surface area contributed by atoms with Crippen LogP contribution >= 0.6 is 0 Å². The van der Waals surface area contributed by atoms with E-state index in [1.165, 1.54) is 25.7 Å². The zero-order valence-corrected chi connectivity index (χ0v) is 10.8. The predicted octanol–water partition coefficient (Wildman–Crippen LogP) is 0.857. The van der Waals surface area contributed by atoms with E-state index in [1.807, 2.05) is 0 Å². The number of nitrogens with zero attached hydrogens (tertiary/aromatic N) is 1. The van der Waals surface area contributed by atoms with Gasteiger partial charge in [-0.25, -0.2) is 0 Å². The highest BCUT2D eigenvalue weighted by molar-refractivity contribution is 5.73. The van der Waals surface area contributed by atoms with E-state index in [9.17, 15) is 4.79 Å². The van der Waals surface area contributed by atoms with Crippen molar-refractivity contribution < 1.29 is 4.79 Å². The van der Waals surface area contributed by atoms with Crippen molar-refractivity contribution in [2.75, 3.05) is 13.1 Å². The molecule has 98 valence electrons. The van der Waals surface area contributed by atoms with Crippen molar-refractivity contribution in [3.8, 4) is 0 Å². The molecule has 1 amide bonds. The van der Waals surface area contributed by atoms with E-state index in [1.54, 1.807) is 0 Å². The Morgan fingerprint density at radius 1 is 1.35 bits per heavy atom. The topological polar surface area (TPSA) is 58.4 Å². The van der Waals surface area contributed by atoms with Gasteiger partial charge in [-0.1, -0.05) is 6.92 Å². The summed E-state index contributed by atoms with van der Waals surface area (Å²) in [5, 5.41) is 3.58. The molecule has 0 aliphatic carbocycles. The van der Waals surface area contributed by atoms with Crippen molar-refractivity contribution in [3.63, 3.8) is 0 Å². The second-order valence-electron chi connectivity index (χ2n) is 5.42. The summed E-state index contributed by atoms with van der Waals surface area (Å²) in [5.74, 6) is -0.167. The molecule has 2 heterocycles. The molecule has 0 saturated carbocycles. The van der Waals surface area contributed by atoms with E-state index in [0.29, 0.717) is 12.5 Å². The van der Waals surface area contributed by atoms with Gasteiger partial charge in [0.25, 0.3) is 0 Å². The largest absolute Gasteiger partial charge is 0.370 e. The zero-order valence-electron chi connectivity index (χ0n) is 10.8. The highest BCUT2D eigenvalue weighted by Gasteiger charge is 2.39. The summed E-state index contributed by atoms with van der Waals surface area (Å²) in [6.45, 7) is 4.31. The maximum absolute atomic E-state index is 10.8. The smallest absolute Gasteiger partial charge is 0.217 e. The van der Waals surface area contributed by atoms with Crippen molar-refractivity contribution in [3.05, 3.63) is 0 Å². The van der Waals surface area contributed by atoms with Crippen LogP contribution in [0.1, 0.15) is 45.4 Å². The summed E-state index contributed by atoms with van der Waals surface area (Å²) in [6.07, 6.45) is 6.69. The second kappa shape index (κ2) is 5.83. The minimum atomic E-state index is -0.167. The summed E-state index contributed by atoms with van der Waals surface area (Å²) < 4.78 is 0. The number of primary amides is 1. The lowest BCUT2D eigenvalue weighted by molar-refractivity contribution is -0.118. The Kier molecular flexibility index (Phi) is 4.40. The number of nitrogens with one attached hydrogen (secondary N) is 1. The minimum Gasteiger partial charge on any atom is -0.370 e. The van der Waals surface area contributed by atoms with Gasteiger partial charge in [-0.15, -0.1) is 0 Å². The Hall–Kier alpha value is -0.610. The number of nitrogens with two attached hydrogens (primary N) is 1. The molecule has 0 aromatic carbocycles. The third-order valence-electron chi connectivity index (χ3n) is 4.22. The zero-order chi connectivity index (χ0) is 12.3. The van der Waals surface area contributed by atoms with Gasteiger partial charge in [-0.2, -0.15) is 0 Å². The number of amides is 1. The van der Waals surface area contributed by atoms with E-state index >= 15 is 0 Å². The van der Waals surface area contributed by atoms with E-state index in [2.05, 4.69) is 17.1 Å². The van der Waals surface area contributed by atoms with Gasteiger partial charge in [-0.3, -0.25) is 9.69 Å². The molecule has 4 nitrogen and oxygen atoms in total. The van der Waals surface area contributed by atoms with Gasteiger partial charge in [0.2, 0.25) is 5.91 Å². The number of carbonyl (C=O) groups is 1. The molecule has 2 fully saturated rings. The number of piperidine rings is 1. The summed E-state index contributed by atoms with van der Waals surface area (Å²) >= 11 is 0. The molecule has 2 rings (SSSR count). The van der Waals surface area contributed by atoms with Crippen molar-refractivity contribution in [1.29, 1.82) is 0 Å². The molecule has 2 aliphatic rings. The van der Waals surface area contributed by atoms with Crippen molar-refractivity contribution >= 4 is 5.91 Å². The molecule has 0 aromatic rings. The number of fused-ring (bicyclic) bond motifs is 2. The molecule has 0 spiro atoms. The van der Waals surface area contributed by atoms with Crippen molar-refractivity contribution in [2.45, 2.75) is 63.6 Å². The van der Waals surface area contributed by atoms with Gasteiger partial charge in [0.15, 0.2) is 0 Å². The summed E-state index contributed by atoms with van der Waals surface area (Å²) in [6, 6.07) is 2.20. The molecule has 0 aromatic heterocycles. The molecular formula is C13H25N3O. The highest BCUT2D eigenvalue weighted by Crippen LogP contribution is 2.35. The molecule has 2 saturated heterocycles. The van der Waals surface area contributed by atoms with E-state index in [-0.39, 0.29) is 5.91 Å². The van der Waals surface area contributed by atoms with E-state index < -0.39 is 0 Å². The Morgan fingerprint density at radius 2 is 2.00 bits per heavy atom. The van der Waals surface area contributed by atoms with Crippen molar-refractivity contribution in [1.82, 2.24) is 10.2 Å². The highest BCUT2D eigenvalue weighted by atomic mass is 16.1. The monoisotopic (exact) mass is 239 g/mol. The maximum Gasteiger partial charge on any atom is 0.217 e. The van der Waals surface area contributed by atoms with Crippen LogP contribution in [0.15, 0.2) is 0 Å². The fraction of sp³-hybridized carbons (Fsp3) is 0.923. The standard InChI is InChI=1S/C13H25N3O/c1-2-15-10-8-11-5-6-12(9-10)16(11)7-3-4-13(14)17/h10-12,15H,2-9H2,1H3,(H2,14,17). The maximum atomic E-state index is 10.8. The van der Waals surface area contributed by atoms with Crippen LogP contribution in [0.25, 0.3) is 0 Å². The Labute approximate surface area is 104 Å². The second-order valence-corrected chi connectivity index (χ2v) is 5.42. The third kappa shape index (κ3) is 3.19. The molecule has 3 N–H and O–H groups in total. The first-order valence-corrected chi connectivity index (χ1v) is 6.98. The van der Waals surface area contributed by atoms with Gasteiger partial charge in [-0.05, 0) is 45.2 Å². The van der Waals surface area contributed by atoms with Gasteiger partial charge in [0.05, 0.1) is 0 Å². The van der Waals surface area contributed by atoms with Crippen LogP contribution in [0.3, 0.4) is 0 Å². The molecule has 2 unspecified atom stereocenters. The average Bonchev–Trinajstić information content (AvgIpc) is 2.52. The molecular weight excluding hydrogens is 214 g/mol. The molecule has 2 atom stereocenters. The van der Waals surface area contributed by atoms with Gasteiger partial charge in [0.1, 0.15) is 0 Å². The number of hydrogen-bond donors (Lipinski definition) is 2. The third-order valence-corrected chi connectivity index (χ3v) is 4.22. The fourth-order valence-electron chi connectivity index (χ4n) is 3.53. The Morgan fingerprint density at radius 3 is 2.53 bits per heavy atom. The first-order chi connectivity index (χ1) is 8.20. The van der Waals surface area contributed by atoms with E-state index in [4.69, 9.17) is 5.73 Å². The Balaban J connectivity index is 1.79. The van der Waals surface area contributed by atoms with E-state index in [0.717, 1.165) is 31.6 Å². The van der Waals surface area contributed by atoms with Crippen LogP contribution < -0.4 is 11.1 Å². The van der Waals surface area contributed by atoms with Crippen LogP contribution in [0.4, 0.5) is 0 Å². The van der Waals surface area contributed by atoms with Crippen LogP contribution in [0.5, 0.6) is 0 Å². The first kappa shape index (κ1) is 12.8. The number of carbonyl (C=O) groups excluding carboxylic acids is 1. The number of rotatable bonds is 6. The van der Waals surface area contributed by atoms with Gasteiger partial charge in [0, 0.05) is 24.5 Å². The normalized spacial score (nSPS) is 32.9. The lowest BCUT2D eigenvalue weighted by atomic mass is 9.97. The molecule has 0 radical (unpaired) electrons. The van der Waals surface area contributed by atoms with Crippen LogP contribution in [0, 0.1) is 0 Å². The molecule has 2 aliphatic heterocycles. The van der Waals surface area contributed by atoms with Gasteiger partial charge >= 0.3 is 0 Å². The first-order valence-electron chi connectivity index (χ1n) is 6.98. The Bertz CT molecular complexity index is 255. The van der Waals surface area contributed by atoms with Gasteiger partial charge < -0.3 is 11.1 Å².